The number of hydrogen-bond donors (Lipinski definition) is 1. The van der Waals surface area contributed by atoms with Gasteiger partial charge >= 0.3 is 5.97 Å². The second-order valence-corrected chi connectivity index (χ2v) is 2.71. The van der Waals surface area contributed by atoms with E-state index < -0.39 is 5.97 Å². The van der Waals surface area contributed by atoms with Gasteiger partial charge in [0, 0.05) is 12.1 Å². The molecule has 1 N–H and O–H groups in total. The molecule has 0 fully saturated rings. The fourth-order valence-electron chi connectivity index (χ4n) is 1.20. The normalized spacial score (nSPS) is 9.53. The topological polar surface area (TPSA) is 65.0 Å². The van der Waals surface area contributed by atoms with Gasteiger partial charge < -0.3 is 19.3 Å². The molecule has 5 nitrogen and oxygen atoms in total. The summed E-state index contributed by atoms with van der Waals surface area (Å²) in [7, 11) is 4.31. The summed E-state index contributed by atoms with van der Waals surface area (Å²) in [5.74, 6) is -0.0528. The number of carboxylic acid groups (broad SMARTS) is 1. The van der Waals surface area contributed by atoms with E-state index in [9.17, 15) is 4.79 Å². The Morgan fingerprint density at radius 3 is 1.87 bits per heavy atom. The summed E-state index contributed by atoms with van der Waals surface area (Å²) in [5.41, 5.74) is 0.0372. The van der Waals surface area contributed by atoms with Crippen LogP contribution in [0.5, 0.6) is 17.2 Å². The van der Waals surface area contributed by atoms with Crippen LogP contribution in [0.4, 0.5) is 0 Å². The minimum absolute atomic E-state index is 0.0372. The molecule has 0 radical (unpaired) electrons. The van der Waals surface area contributed by atoms with Gasteiger partial charge in [0.05, 0.1) is 21.3 Å². The maximum absolute atomic E-state index is 10.9. The van der Waals surface area contributed by atoms with Crippen molar-refractivity contribution in [2.24, 2.45) is 0 Å². The lowest BCUT2D eigenvalue weighted by molar-refractivity contribution is 0.0693. The number of rotatable bonds is 4. The van der Waals surface area contributed by atoms with E-state index in [1.165, 1.54) is 33.5 Å². The highest BCUT2D eigenvalue weighted by molar-refractivity contribution is 5.92. The van der Waals surface area contributed by atoms with Crippen LogP contribution < -0.4 is 14.2 Å². The summed E-state index contributed by atoms with van der Waals surface area (Å²) in [5, 5.41) is 8.90. The molecule has 0 unspecified atom stereocenters. The van der Waals surface area contributed by atoms with E-state index in [1.807, 2.05) is 0 Å². The molecule has 0 aliphatic heterocycles. The van der Waals surface area contributed by atoms with Crippen molar-refractivity contribution in [2.75, 3.05) is 21.3 Å². The van der Waals surface area contributed by atoms with E-state index in [4.69, 9.17) is 19.3 Å². The Labute approximate surface area is 87.2 Å². The van der Waals surface area contributed by atoms with Gasteiger partial charge in [-0.25, -0.2) is 4.79 Å². The van der Waals surface area contributed by atoms with Gasteiger partial charge in [-0.2, -0.15) is 0 Å². The molecule has 0 spiro atoms. The molecule has 0 amide bonds. The predicted molar refractivity (Wildman–Crippen MR) is 53.1 cm³/mol. The quantitative estimate of drug-likeness (QED) is 0.817. The molecule has 0 heterocycles. The first kappa shape index (κ1) is 11.2. The average Bonchev–Trinajstić information content (AvgIpc) is 2.26. The molecule has 1 aromatic carbocycles. The minimum Gasteiger partial charge on any atom is -0.496 e. The number of aromatic carboxylic acids is 1. The van der Waals surface area contributed by atoms with Crippen LogP contribution >= 0.6 is 0 Å². The van der Waals surface area contributed by atoms with Crippen LogP contribution in [0.25, 0.3) is 0 Å². The lowest BCUT2D eigenvalue weighted by Crippen LogP contribution is -2.02. The summed E-state index contributed by atoms with van der Waals surface area (Å²) in [6, 6.07) is 2.84. The SMILES string of the molecule is COc1cc(OC)c(C(=O)O)cc1OC. The number of hydrogen-bond acceptors (Lipinski definition) is 4. The summed E-state index contributed by atoms with van der Waals surface area (Å²) in [4.78, 5) is 10.9. The maximum atomic E-state index is 10.9. The highest BCUT2D eigenvalue weighted by atomic mass is 16.5. The van der Waals surface area contributed by atoms with Gasteiger partial charge in [0.25, 0.3) is 0 Å². The van der Waals surface area contributed by atoms with Crippen molar-refractivity contribution >= 4 is 5.97 Å². The molecule has 0 bridgehead atoms. The molecule has 1 aromatic rings. The van der Waals surface area contributed by atoms with Gasteiger partial charge in [-0.1, -0.05) is 0 Å². The monoisotopic (exact) mass is 212 g/mol. The van der Waals surface area contributed by atoms with E-state index in [-0.39, 0.29) is 11.3 Å². The van der Waals surface area contributed by atoms with Crippen LogP contribution in [0.3, 0.4) is 0 Å². The summed E-state index contributed by atoms with van der Waals surface area (Å²) >= 11 is 0. The number of carboxylic acids is 1. The largest absolute Gasteiger partial charge is 0.496 e. The molecule has 0 aliphatic carbocycles. The van der Waals surface area contributed by atoms with Crippen molar-refractivity contribution in [3.05, 3.63) is 17.7 Å². The molecule has 82 valence electrons. The van der Waals surface area contributed by atoms with Gasteiger partial charge in [-0.15, -0.1) is 0 Å². The second-order valence-electron chi connectivity index (χ2n) is 2.71. The predicted octanol–water partition coefficient (Wildman–Crippen LogP) is 1.41. The highest BCUT2D eigenvalue weighted by Gasteiger charge is 2.16. The van der Waals surface area contributed by atoms with Gasteiger partial charge in [0.15, 0.2) is 11.5 Å². The molecule has 0 saturated heterocycles. The number of methoxy groups -OCH3 is 3. The Bertz CT molecular complexity index is 372. The van der Waals surface area contributed by atoms with Gasteiger partial charge in [-0.05, 0) is 0 Å². The van der Waals surface area contributed by atoms with Crippen LogP contribution in [-0.4, -0.2) is 32.4 Å². The Morgan fingerprint density at radius 2 is 1.47 bits per heavy atom. The van der Waals surface area contributed by atoms with Crippen LogP contribution in [0.15, 0.2) is 12.1 Å². The second kappa shape index (κ2) is 4.54. The highest BCUT2D eigenvalue weighted by Crippen LogP contribution is 2.34. The van der Waals surface area contributed by atoms with Crippen molar-refractivity contribution in [3.63, 3.8) is 0 Å². The first-order valence-electron chi connectivity index (χ1n) is 4.17. The zero-order valence-corrected chi connectivity index (χ0v) is 8.73. The first-order valence-corrected chi connectivity index (χ1v) is 4.17. The number of carbonyl (C=O) groups is 1. The molecular formula is C10H12O5. The molecule has 0 atom stereocenters. The average molecular weight is 212 g/mol. The molecule has 5 heteroatoms. The lowest BCUT2D eigenvalue weighted by atomic mass is 10.2. The fraction of sp³-hybridized carbons (Fsp3) is 0.300. The Morgan fingerprint density at radius 1 is 1.00 bits per heavy atom. The maximum Gasteiger partial charge on any atom is 0.339 e. The Balaban J connectivity index is 3.34. The van der Waals surface area contributed by atoms with Gasteiger partial charge in [0.2, 0.25) is 0 Å². The zero-order valence-electron chi connectivity index (χ0n) is 8.73. The van der Waals surface area contributed by atoms with Crippen molar-refractivity contribution in [1.82, 2.24) is 0 Å². The van der Waals surface area contributed by atoms with Crippen LogP contribution in [-0.2, 0) is 0 Å². The molecule has 0 aliphatic rings. The third kappa shape index (κ3) is 2.12. The molecule has 0 aromatic heterocycles. The summed E-state index contributed by atoms with van der Waals surface area (Å²) in [6.45, 7) is 0. The van der Waals surface area contributed by atoms with E-state index in [2.05, 4.69) is 0 Å². The number of ether oxygens (including phenoxy) is 3. The zero-order chi connectivity index (χ0) is 11.4. The van der Waals surface area contributed by atoms with E-state index in [0.717, 1.165) is 0 Å². The van der Waals surface area contributed by atoms with Crippen molar-refractivity contribution in [2.45, 2.75) is 0 Å². The van der Waals surface area contributed by atoms with Gasteiger partial charge in [-0.3, -0.25) is 0 Å². The molecular weight excluding hydrogens is 200 g/mol. The van der Waals surface area contributed by atoms with Crippen LogP contribution in [0, 0.1) is 0 Å². The van der Waals surface area contributed by atoms with E-state index in [1.54, 1.807) is 0 Å². The standard InChI is InChI=1S/C10H12O5/c1-13-7-5-9(15-3)8(14-2)4-6(7)10(11)12/h4-5H,1-3H3,(H,11,12). The number of benzene rings is 1. The fourth-order valence-corrected chi connectivity index (χ4v) is 1.20. The van der Waals surface area contributed by atoms with E-state index in [0.29, 0.717) is 11.5 Å². The van der Waals surface area contributed by atoms with Crippen LogP contribution in [0.2, 0.25) is 0 Å². The molecule has 0 saturated carbocycles. The third-order valence-corrected chi connectivity index (χ3v) is 1.94. The van der Waals surface area contributed by atoms with E-state index >= 15 is 0 Å². The molecule has 1 rings (SSSR count). The van der Waals surface area contributed by atoms with Crippen LogP contribution in [0.1, 0.15) is 10.4 Å². The smallest absolute Gasteiger partial charge is 0.339 e. The lowest BCUT2D eigenvalue weighted by Gasteiger charge is -2.11. The van der Waals surface area contributed by atoms with Gasteiger partial charge in [0.1, 0.15) is 11.3 Å². The van der Waals surface area contributed by atoms with Crippen molar-refractivity contribution in [1.29, 1.82) is 0 Å². The summed E-state index contributed by atoms with van der Waals surface area (Å²) in [6.07, 6.45) is 0. The Hall–Kier alpha value is -1.91. The van der Waals surface area contributed by atoms with Crippen molar-refractivity contribution < 1.29 is 24.1 Å². The van der Waals surface area contributed by atoms with Crippen molar-refractivity contribution in [3.8, 4) is 17.2 Å². The molecule has 15 heavy (non-hydrogen) atoms. The summed E-state index contributed by atoms with van der Waals surface area (Å²) < 4.78 is 14.9. The minimum atomic E-state index is -1.08. The first-order chi connectivity index (χ1) is 7.13. The third-order valence-electron chi connectivity index (χ3n) is 1.94. The Kier molecular flexibility index (Phi) is 3.38.